The Kier molecular flexibility index (Phi) is 4.98. The second kappa shape index (κ2) is 6.93. The van der Waals surface area contributed by atoms with Crippen LogP contribution in [-0.4, -0.2) is 53.5 Å². The van der Waals surface area contributed by atoms with Gasteiger partial charge >= 0.3 is 5.97 Å². The first kappa shape index (κ1) is 15.8. The summed E-state index contributed by atoms with van der Waals surface area (Å²) in [6, 6.07) is 5.69. The lowest BCUT2D eigenvalue weighted by atomic mass is 10.1. The van der Waals surface area contributed by atoms with Crippen molar-refractivity contribution in [3.63, 3.8) is 0 Å². The topological polar surface area (TPSA) is 95.9 Å². The molecule has 1 fully saturated rings. The first-order valence-corrected chi connectivity index (χ1v) is 7.02. The van der Waals surface area contributed by atoms with E-state index in [0.717, 1.165) is 0 Å². The molecule has 1 saturated heterocycles. The molecule has 0 bridgehead atoms. The highest BCUT2D eigenvalue weighted by atomic mass is 16.5. The number of nitrogens with zero attached hydrogens (tertiary/aromatic N) is 1. The van der Waals surface area contributed by atoms with Crippen molar-refractivity contribution in [3.8, 4) is 5.75 Å². The molecule has 1 heterocycles. The van der Waals surface area contributed by atoms with Crippen LogP contribution in [-0.2, 0) is 9.59 Å². The Morgan fingerprint density at radius 3 is 2.68 bits per heavy atom. The zero-order valence-electron chi connectivity index (χ0n) is 12.2. The number of carboxylic acid groups (broad SMARTS) is 1. The SMILES string of the molecule is CC1C(=O)NCCCN1C(=O)c1ccc(OCC(=O)O)cc1. The highest BCUT2D eigenvalue weighted by Crippen LogP contribution is 2.16. The minimum Gasteiger partial charge on any atom is -0.482 e. The maximum Gasteiger partial charge on any atom is 0.341 e. The zero-order chi connectivity index (χ0) is 16.1. The molecule has 1 aliphatic rings. The van der Waals surface area contributed by atoms with E-state index in [0.29, 0.717) is 30.8 Å². The van der Waals surface area contributed by atoms with Crippen molar-refractivity contribution in [3.05, 3.63) is 29.8 Å². The van der Waals surface area contributed by atoms with Crippen LogP contribution in [0.2, 0.25) is 0 Å². The molecule has 2 rings (SSSR count). The van der Waals surface area contributed by atoms with Crippen LogP contribution in [0.4, 0.5) is 0 Å². The lowest BCUT2D eigenvalue weighted by Crippen LogP contribution is -2.45. The molecule has 1 aliphatic heterocycles. The molecule has 0 spiro atoms. The van der Waals surface area contributed by atoms with Gasteiger partial charge in [-0.1, -0.05) is 0 Å². The van der Waals surface area contributed by atoms with Gasteiger partial charge in [-0.25, -0.2) is 4.79 Å². The van der Waals surface area contributed by atoms with Crippen LogP contribution in [0.25, 0.3) is 0 Å². The van der Waals surface area contributed by atoms with Gasteiger partial charge in [0.05, 0.1) is 0 Å². The molecule has 2 amide bonds. The minimum absolute atomic E-state index is 0.160. The van der Waals surface area contributed by atoms with Gasteiger partial charge in [0.15, 0.2) is 6.61 Å². The van der Waals surface area contributed by atoms with E-state index in [2.05, 4.69) is 5.32 Å². The largest absolute Gasteiger partial charge is 0.482 e. The van der Waals surface area contributed by atoms with Gasteiger partial charge < -0.3 is 20.1 Å². The van der Waals surface area contributed by atoms with Crippen LogP contribution in [0.1, 0.15) is 23.7 Å². The molecular formula is C15H18N2O5. The van der Waals surface area contributed by atoms with Gasteiger partial charge in [0, 0.05) is 18.7 Å². The average molecular weight is 306 g/mol. The fraction of sp³-hybridized carbons (Fsp3) is 0.400. The normalized spacial score (nSPS) is 18.3. The van der Waals surface area contributed by atoms with Crippen molar-refractivity contribution >= 4 is 17.8 Å². The Morgan fingerprint density at radius 2 is 2.05 bits per heavy atom. The molecule has 0 saturated carbocycles. The smallest absolute Gasteiger partial charge is 0.341 e. The number of carboxylic acids is 1. The van der Waals surface area contributed by atoms with E-state index in [9.17, 15) is 14.4 Å². The number of amides is 2. The van der Waals surface area contributed by atoms with E-state index in [1.54, 1.807) is 31.2 Å². The Bertz CT molecular complexity index is 570. The summed E-state index contributed by atoms with van der Waals surface area (Å²) in [5, 5.41) is 11.3. The number of benzene rings is 1. The summed E-state index contributed by atoms with van der Waals surface area (Å²) in [4.78, 5) is 36.2. The number of carbonyl (C=O) groups excluding carboxylic acids is 2. The second-order valence-electron chi connectivity index (χ2n) is 5.03. The van der Waals surface area contributed by atoms with E-state index in [4.69, 9.17) is 9.84 Å². The second-order valence-corrected chi connectivity index (χ2v) is 5.03. The van der Waals surface area contributed by atoms with E-state index >= 15 is 0 Å². The van der Waals surface area contributed by atoms with Gasteiger partial charge in [0.1, 0.15) is 11.8 Å². The lowest BCUT2D eigenvalue weighted by Gasteiger charge is -2.25. The summed E-state index contributed by atoms with van der Waals surface area (Å²) in [5.41, 5.74) is 0.434. The molecular weight excluding hydrogens is 288 g/mol. The van der Waals surface area contributed by atoms with Crippen molar-refractivity contribution in [2.45, 2.75) is 19.4 Å². The third-order valence-electron chi connectivity index (χ3n) is 3.45. The van der Waals surface area contributed by atoms with Crippen LogP contribution >= 0.6 is 0 Å². The van der Waals surface area contributed by atoms with Gasteiger partial charge in [0.2, 0.25) is 5.91 Å². The van der Waals surface area contributed by atoms with Crippen LogP contribution in [0.15, 0.2) is 24.3 Å². The Hall–Kier alpha value is -2.57. The molecule has 7 heteroatoms. The van der Waals surface area contributed by atoms with Gasteiger partial charge in [-0.15, -0.1) is 0 Å². The van der Waals surface area contributed by atoms with Crippen LogP contribution < -0.4 is 10.1 Å². The van der Waals surface area contributed by atoms with Crippen LogP contribution in [0, 0.1) is 0 Å². The van der Waals surface area contributed by atoms with Crippen molar-refractivity contribution in [1.82, 2.24) is 10.2 Å². The van der Waals surface area contributed by atoms with E-state index in [1.807, 2.05) is 0 Å². The molecule has 1 aromatic rings. The maximum absolute atomic E-state index is 12.5. The summed E-state index contributed by atoms with van der Waals surface area (Å²) in [7, 11) is 0. The fourth-order valence-electron chi connectivity index (χ4n) is 2.23. The quantitative estimate of drug-likeness (QED) is 0.844. The van der Waals surface area contributed by atoms with Crippen molar-refractivity contribution < 1.29 is 24.2 Å². The number of ether oxygens (including phenoxy) is 1. The summed E-state index contributed by atoms with van der Waals surface area (Å²) in [5.74, 6) is -1.08. The van der Waals surface area contributed by atoms with Gasteiger partial charge in [-0.05, 0) is 37.6 Å². The predicted molar refractivity (Wildman–Crippen MR) is 77.7 cm³/mol. The third kappa shape index (κ3) is 3.75. The monoisotopic (exact) mass is 306 g/mol. The minimum atomic E-state index is -1.07. The molecule has 1 unspecified atom stereocenters. The van der Waals surface area contributed by atoms with Crippen molar-refractivity contribution in [2.24, 2.45) is 0 Å². The molecule has 7 nitrogen and oxygen atoms in total. The van der Waals surface area contributed by atoms with Crippen molar-refractivity contribution in [2.75, 3.05) is 19.7 Å². The number of aliphatic carboxylic acids is 1. The Morgan fingerprint density at radius 1 is 1.36 bits per heavy atom. The average Bonchev–Trinajstić information content (AvgIpc) is 2.67. The standard InChI is InChI=1S/C15H18N2O5/c1-10-14(20)16-7-2-8-17(10)15(21)11-3-5-12(6-4-11)22-9-13(18)19/h3-6,10H,2,7-9H2,1H3,(H,16,20)(H,18,19). The number of nitrogens with one attached hydrogen (secondary N) is 1. The van der Waals surface area contributed by atoms with Gasteiger partial charge in [0.25, 0.3) is 5.91 Å². The van der Waals surface area contributed by atoms with Gasteiger partial charge in [-0.3, -0.25) is 9.59 Å². The number of rotatable bonds is 4. The lowest BCUT2D eigenvalue weighted by molar-refractivity contribution is -0.139. The fourth-order valence-corrected chi connectivity index (χ4v) is 2.23. The third-order valence-corrected chi connectivity index (χ3v) is 3.45. The molecule has 2 N–H and O–H groups in total. The van der Waals surface area contributed by atoms with E-state index in [1.165, 1.54) is 4.90 Å². The molecule has 1 atom stereocenters. The highest BCUT2D eigenvalue weighted by Gasteiger charge is 2.28. The van der Waals surface area contributed by atoms with Crippen LogP contribution in [0.3, 0.4) is 0 Å². The first-order valence-electron chi connectivity index (χ1n) is 7.02. The van der Waals surface area contributed by atoms with Crippen LogP contribution in [0.5, 0.6) is 5.75 Å². The summed E-state index contributed by atoms with van der Waals surface area (Å²) >= 11 is 0. The summed E-state index contributed by atoms with van der Waals surface area (Å²) in [6.45, 7) is 2.34. The Labute approximate surface area is 127 Å². The van der Waals surface area contributed by atoms with E-state index in [-0.39, 0.29) is 11.8 Å². The molecule has 1 aromatic carbocycles. The predicted octanol–water partition coefficient (Wildman–Crippen LogP) is 0.501. The first-order chi connectivity index (χ1) is 10.5. The summed E-state index contributed by atoms with van der Waals surface area (Å²) < 4.78 is 5.02. The number of carbonyl (C=O) groups is 3. The molecule has 22 heavy (non-hydrogen) atoms. The maximum atomic E-state index is 12.5. The van der Waals surface area contributed by atoms with E-state index < -0.39 is 18.6 Å². The molecule has 0 aliphatic carbocycles. The number of hydrogen-bond acceptors (Lipinski definition) is 4. The van der Waals surface area contributed by atoms with Crippen molar-refractivity contribution in [1.29, 1.82) is 0 Å². The zero-order valence-corrected chi connectivity index (χ0v) is 12.2. The highest BCUT2D eigenvalue weighted by molar-refractivity contribution is 5.97. The van der Waals surface area contributed by atoms with Gasteiger partial charge in [-0.2, -0.15) is 0 Å². The molecule has 0 radical (unpaired) electrons. The number of hydrogen-bond donors (Lipinski definition) is 2. The molecule has 118 valence electrons. The molecule has 0 aromatic heterocycles. The summed E-state index contributed by atoms with van der Waals surface area (Å²) in [6.07, 6.45) is 0.710. The Balaban J connectivity index is 2.08.